The van der Waals surface area contributed by atoms with Crippen LogP contribution in [0.4, 0.5) is 0 Å². The molecule has 1 aromatic rings. The predicted octanol–water partition coefficient (Wildman–Crippen LogP) is 2.92. The smallest absolute Gasteiger partial charge is 0.178 e. The Labute approximate surface area is 102 Å². The molecule has 0 heterocycles. The van der Waals surface area contributed by atoms with Gasteiger partial charge in [-0.25, -0.2) is 8.42 Å². The topological polar surface area (TPSA) is 82.9 Å². The van der Waals surface area contributed by atoms with Crippen molar-refractivity contribution in [1.82, 2.24) is 0 Å². The van der Waals surface area contributed by atoms with E-state index >= 15 is 0 Å². The van der Waals surface area contributed by atoms with E-state index in [4.69, 9.17) is 5.53 Å². The summed E-state index contributed by atoms with van der Waals surface area (Å²) in [6.45, 7) is 0.198. The summed E-state index contributed by atoms with van der Waals surface area (Å²) in [5, 5.41) is 3.29. The molecule has 0 atom stereocenters. The molecule has 0 N–H and O–H groups in total. The van der Waals surface area contributed by atoms with E-state index < -0.39 is 9.84 Å². The van der Waals surface area contributed by atoms with E-state index in [9.17, 15) is 8.42 Å². The zero-order chi connectivity index (χ0) is 12.0. The second-order valence-electron chi connectivity index (χ2n) is 3.08. The van der Waals surface area contributed by atoms with Crippen molar-refractivity contribution in [1.29, 1.82) is 0 Å². The lowest BCUT2D eigenvalue weighted by Crippen LogP contribution is -2.07. The Morgan fingerprint density at radius 1 is 1.44 bits per heavy atom. The fraction of sp³-hybridized carbons (Fsp3) is 0.333. The number of hydrogen-bond acceptors (Lipinski definition) is 3. The number of azide groups is 1. The summed E-state index contributed by atoms with van der Waals surface area (Å²) in [6, 6.07) is 6.54. The van der Waals surface area contributed by atoms with Gasteiger partial charge in [-0.1, -0.05) is 27.1 Å². The van der Waals surface area contributed by atoms with Crippen LogP contribution >= 0.6 is 15.9 Å². The van der Waals surface area contributed by atoms with Crippen molar-refractivity contribution < 1.29 is 8.42 Å². The van der Waals surface area contributed by atoms with Crippen LogP contribution in [0.15, 0.2) is 38.7 Å². The van der Waals surface area contributed by atoms with E-state index in [0.29, 0.717) is 6.42 Å². The average Bonchev–Trinajstić information content (AvgIpc) is 2.24. The van der Waals surface area contributed by atoms with Crippen LogP contribution in [0.1, 0.15) is 6.42 Å². The van der Waals surface area contributed by atoms with Gasteiger partial charge in [0, 0.05) is 15.9 Å². The molecular weight excluding hydrogens is 294 g/mol. The van der Waals surface area contributed by atoms with Crippen LogP contribution in [-0.4, -0.2) is 20.7 Å². The quantitative estimate of drug-likeness (QED) is 0.362. The fourth-order valence-corrected chi connectivity index (χ4v) is 3.04. The fourth-order valence-electron chi connectivity index (χ4n) is 1.15. The molecule has 0 aliphatic carbocycles. The Kier molecular flexibility index (Phi) is 4.79. The molecule has 0 unspecified atom stereocenters. The summed E-state index contributed by atoms with van der Waals surface area (Å²) in [7, 11) is -3.28. The minimum atomic E-state index is -3.28. The molecule has 0 saturated heterocycles. The van der Waals surface area contributed by atoms with Gasteiger partial charge in [-0.15, -0.1) is 0 Å². The first kappa shape index (κ1) is 13.0. The largest absolute Gasteiger partial charge is 0.224 e. The maximum atomic E-state index is 11.8. The number of hydrogen-bond donors (Lipinski definition) is 0. The Balaban J connectivity index is 2.74. The molecule has 0 aliphatic heterocycles. The van der Waals surface area contributed by atoms with Crippen molar-refractivity contribution in [2.24, 2.45) is 5.11 Å². The van der Waals surface area contributed by atoms with Crippen LogP contribution in [-0.2, 0) is 9.84 Å². The van der Waals surface area contributed by atoms with E-state index in [-0.39, 0.29) is 17.2 Å². The second-order valence-corrected chi connectivity index (χ2v) is 6.11. The second kappa shape index (κ2) is 5.89. The summed E-state index contributed by atoms with van der Waals surface area (Å²) in [5.41, 5.74) is 8.05. The highest BCUT2D eigenvalue weighted by Crippen LogP contribution is 2.17. The van der Waals surface area contributed by atoms with Gasteiger partial charge in [0.1, 0.15) is 0 Å². The Hall–Kier alpha value is -1.04. The van der Waals surface area contributed by atoms with Gasteiger partial charge in [0.15, 0.2) is 9.84 Å². The summed E-state index contributed by atoms with van der Waals surface area (Å²) in [5.74, 6) is -0.0114. The molecule has 5 nitrogen and oxygen atoms in total. The molecule has 7 heteroatoms. The van der Waals surface area contributed by atoms with Crippen molar-refractivity contribution >= 4 is 25.8 Å². The normalized spacial score (nSPS) is 10.8. The Bertz CT molecular complexity index is 509. The monoisotopic (exact) mass is 303 g/mol. The predicted molar refractivity (Wildman–Crippen MR) is 64.8 cm³/mol. The van der Waals surface area contributed by atoms with Crippen LogP contribution in [0, 0.1) is 0 Å². The SMILES string of the molecule is [N-]=[N+]=NCCCS(=O)(=O)c1cccc(Br)c1. The highest BCUT2D eigenvalue weighted by molar-refractivity contribution is 9.10. The van der Waals surface area contributed by atoms with Crippen molar-refractivity contribution in [3.05, 3.63) is 39.2 Å². The molecule has 16 heavy (non-hydrogen) atoms. The van der Waals surface area contributed by atoms with E-state index in [2.05, 4.69) is 26.0 Å². The first-order chi connectivity index (χ1) is 7.56. The molecule has 0 aromatic heterocycles. The lowest BCUT2D eigenvalue weighted by molar-refractivity contribution is 0.593. The van der Waals surface area contributed by atoms with Gasteiger partial charge in [0.05, 0.1) is 10.6 Å². The van der Waals surface area contributed by atoms with Crippen LogP contribution in [0.25, 0.3) is 10.4 Å². The van der Waals surface area contributed by atoms with Crippen molar-refractivity contribution in [3.63, 3.8) is 0 Å². The molecule has 1 rings (SSSR count). The highest BCUT2D eigenvalue weighted by atomic mass is 79.9. The third-order valence-corrected chi connectivity index (χ3v) is 4.18. The van der Waals surface area contributed by atoms with Gasteiger partial charge in [-0.05, 0) is 30.2 Å². The highest BCUT2D eigenvalue weighted by Gasteiger charge is 2.13. The summed E-state index contributed by atoms with van der Waals surface area (Å²) in [6.07, 6.45) is 0.332. The Morgan fingerprint density at radius 3 is 2.81 bits per heavy atom. The first-order valence-corrected chi connectivity index (χ1v) is 7.00. The van der Waals surface area contributed by atoms with Gasteiger partial charge in [0.25, 0.3) is 0 Å². The molecular formula is C9H10BrN3O2S. The molecule has 0 amide bonds. The zero-order valence-electron chi connectivity index (χ0n) is 8.38. The lowest BCUT2D eigenvalue weighted by Gasteiger charge is -2.03. The number of benzene rings is 1. The first-order valence-electron chi connectivity index (χ1n) is 4.55. The standard InChI is InChI=1S/C9H10BrN3O2S/c10-8-3-1-4-9(7-8)16(14,15)6-2-5-12-13-11/h1,3-4,7H,2,5-6H2. The van der Waals surface area contributed by atoms with E-state index in [0.717, 1.165) is 4.47 Å². The maximum absolute atomic E-state index is 11.8. The molecule has 0 fully saturated rings. The molecule has 0 bridgehead atoms. The van der Waals surface area contributed by atoms with Crippen molar-refractivity contribution in [3.8, 4) is 0 Å². The van der Waals surface area contributed by atoms with E-state index in [1.54, 1.807) is 24.3 Å². The molecule has 1 aromatic carbocycles. The third kappa shape index (κ3) is 3.84. The maximum Gasteiger partial charge on any atom is 0.178 e. The Morgan fingerprint density at radius 2 is 2.19 bits per heavy atom. The van der Waals surface area contributed by atoms with Crippen LogP contribution < -0.4 is 0 Å². The van der Waals surface area contributed by atoms with Gasteiger partial charge in [0.2, 0.25) is 0 Å². The number of nitrogens with zero attached hydrogens (tertiary/aromatic N) is 3. The van der Waals surface area contributed by atoms with Crippen LogP contribution in [0.2, 0.25) is 0 Å². The summed E-state index contributed by atoms with van der Waals surface area (Å²) >= 11 is 3.22. The minimum Gasteiger partial charge on any atom is -0.224 e. The average molecular weight is 304 g/mol. The number of halogens is 1. The lowest BCUT2D eigenvalue weighted by atomic mass is 10.4. The van der Waals surface area contributed by atoms with Crippen molar-refractivity contribution in [2.75, 3.05) is 12.3 Å². The van der Waals surface area contributed by atoms with Gasteiger partial charge in [-0.3, -0.25) is 0 Å². The van der Waals surface area contributed by atoms with Crippen molar-refractivity contribution in [2.45, 2.75) is 11.3 Å². The summed E-state index contributed by atoms with van der Waals surface area (Å²) < 4.78 is 24.3. The number of sulfone groups is 1. The minimum absolute atomic E-state index is 0.0114. The molecule has 86 valence electrons. The van der Waals surface area contributed by atoms with Gasteiger partial charge < -0.3 is 0 Å². The van der Waals surface area contributed by atoms with E-state index in [1.165, 1.54) is 0 Å². The molecule has 0 radical (unpaired) electrons. The molecule has 0 spiro atoms. The molecule has 0 saturated carbocycles. The van der Waals surface area contributed by atoms with Gasteiger partial charge >= 0.3 is 0 Å². The van der Waals surface area contributed by atoms with E-state index in [1.807, 2.05) is 0 Å². The number of rotatable bonds is 5. The summed E-state index contributed by atoms with van der Waals surface area (Å²) in [4.78, 5) is 2.85. The van der Waals surface area contributed by atoms with Crippen LogP contribution in [0.5, 0.6) is 0 Å². The third-order valence-electron chi connectivity index (χ3n) is 1.89. The zero-order valence-corrected chi connectivity index (χ0v) is 10.8. The van der Waals surface area contributed by atoms with Crippen LogP contribution in [0.3, 0.4) is 0 Å². The van der Waals surface area contributed by atoms with Gasteiger partial charge in [-0.2, -0.15) is 0 Å². The molecule has 0 aliphatic rings.